The van der Waals surface area contributed by atoms with Crippen LogP contribution >= 0.6 is 11.3 Å². The first kappa shape index (κ1) is 21.9. The van der Waals surface area contributed by atoms with E-state index in [-0.39, 0.29) is 19.0 Å². The summed E-state index contributed by atoms with van der Waals surface area (Å²) < 4.78 is 61.2. The minimum Gasteiger partial charge on any atom is -0.356 e. The van der Waals surface area contributed by atoms with Crippen LogP contribution in [0.1, 0.15) is 28.4 Å². The fourth-order valence-electron chi connectivity index (χ4n) is 2.74. The van der Waals surface area contributed by atoms with E-state index in [1.165, 1.54) is 0 Å². The number of guanidine groups is 1. The summed E-state index contributed by atoms with van der Waals surface area (Å²) in [6, 6.07) is 0. The van der Waals surface area contributed by atoms with Crippen molar-refractivity contribution in [2.45, 2.75) is 38.7 Å². The summed E-state index contributed by atoms with van der Waals surface area (Å²) >= 11 is 1.61. The van der Waals surface area contributed by atoms with E-state index in [0.717, 1.165) is 15.6 Å². The van der Waals surface area contributed by atoms with Crippen molar-refractivity contribution in [2.24, 2.45) is 10.9 Å². The number of nitrogens with zero attached hydrogens (tertiary/aromatic N) is 3. The molecule has 2 heterocycles. The summed E-state index contributed by atoms with van der Waals surface area (Å²) in [6.07, 6.45) is 0.731. The zero-order chi connectivity index (χ0) is 20.2. The standard InChI is InChI=1S/C15H24F3N5O2S2/c1-10-11(2)26-13(22-10)9-21-14(19-3)20-8-12-4-6-23(7-5-12)27(24,25)15(16,17)18/h12H,4-9H2,1-3H3,(H2,19,20,21). The van der Waals surface area contributed by atoms with Gasteiger partial charge >= 0.3 is 15.5 Å². The molecule has 0 amide bonds. The first-order valence-electron chi connectivity index (χ1n) is 8.48. The summed E-state index contributed by atoms with van der Waals surface area (Å²) in [5.41, 5.74) is -4.24. The lowest BCUT2D eigenvalue weighted by Crippen LogP contribution is -2.47. The fraction of sp³-hybridized carbons (Fsp3) is 0.733. The maximum Gasteiger partial charge on any atom is 0.511 e. The van der Waals surface area contributed by atoms with E-state index in [4.69, 9.17) is 0 Å². The smallest absolute Gasteiger partial charge is 0.356 e. The van der Waals surface area contributed by atoms with Crippen LogP contribution in [-0.4, -0.2) is 55.9 Å². The maximum absolute atomic E-state index is 12.6. The molecule has 0 atom stereocenters. The number of thiazole rings is 1. The molecule has 0 aliphatic carbocycles. The highest BCUT2D eigenvalue weighted by molar-refractivity contribution is 7.90. The van der Waals surface area contributed by atoms with Gasteiger partial charge in [0.25, 0.3) is 0 Å². The Labute approximate surface area is 161 Å². The zero-order valence-electron chi connectivity index (χ0n) is 15.4. The number of halogens is 3. The van der Waals surface area contributed by atoms with Crippen LogP contribution in [0.25, 0.3) is 0 Å². The van der Waals surface area contributed by atoms with Crippen molar-refractivity contribution in [3.05, 3.63) is 15.6 Å². The molecule has 0 spiro atoms. The molecule has 7 nitrogen and oxygen atoms in total. The number of hydrogen-bond acceptors (Lipinski definition) is 5. The second-order valence-corrected chi connectivity index (χ2v) is 9.57. The third-order valence-electron chi connectivity index (χ3n) is 4.47. The van der Waals surface area contributed by atoms with Crippen LogP contribution in [0.3, 0.4) is 0 Å². The second kappa shape index (κ2) is 8.74. The monoisotopic (exact) mass is 427 g/mol. The Balaban J connectivity index is 1.78. The molecule has 0 aromatic carbocycles. The number of aliphatic imine (C=N–C) groups is 1. The van der Waals surface area contributed by atoms with Gasteiger partial charge < -0.3 is 10.6 Å². The highest BCUT2D eigenvalue weighted by Crippen LogP contribution is 2.30. The van der Waals surface area contributed by atoms with E-state index < -0.39 is 15.5 Å². The van der Waals surface area contributed by atoms with Gasteiger partial charge in [-0.1, -0.05) is 0 Å². The number of piperidine rings is 1. The van der Waals surface area contributed by atoms with Gasteiger partial charge in [0.05, 0.1) is 12.2 Å². The summed E-state index contributed by atoms with van der Waals surface area (Å²) in [6.45, 7) is 4.75. The number of aromatic nitrogens is 1. The average Bonchev–Trinajstić information content (AvgIpc) is 2.92. The first-order valence-corrected chi connectivity index (χ1v) is 10.7. The number of sulfonamides is 1. The highest BCUT2D eigenvalue weighted by atomic mass is 32.2. The van der Waals surface area contributed by atoms with Crippen LogP contribution in [0.5, 0.6) is 0 Å². The van der Waals surface area contributed by atoms with Crippen molar-refractivity contribution in [2.75, 3.05) is 26.7 Å². The molecule has 27 heavy (non-hydrogen) atoms. The summed E-state index contributed by atoms with van der Waals surface area (Å²) in [7, 11) is -3.60. The predicted molar refractivity (Wildman–Crippen MR) is 99.1 cm³/mol. The van der Waals surface area contributed by atoms with Crippen molar-refractivity contribution in [3.63, 3.8) is 0 Å². The minimum atomic E-state index is -5.24. The zero-order valence-corrected chi connectivity index (χ0v) is 17.1. The van der Waals surface area contributed by atoms with E-state index >= 15 is 0 Å². The molecule has 0 radical (unpaired) electrons. The van der Waals surface area contributed by atoms with Crippen molar-refractivity contribution in [3.8, 4) is 0 Å². The van der Waals surface area contributed by atoms with E-state index in [1.807, 2.05) is 13.8 Å². The normalized spacial score (nSPS) is 17.9. The summed E-state index contributed by atoms with van der Waals surface area (Å²) in [5, 5.41) is 7.23. The Morgan fingerprint density at radius 3 is 2.41 bits per heavy atom. The largest absolute Gasteiger partial charge is 0.511 e. The highest BCUT2D eigenvalue weighted by Gasteiger charge is 2.50. The SMILES string of the molecule is CN=C(NCc1nc(C)c(C)s1)NCC1CCN(S(=O)(=O)C(F)(F)F)CC1. The summed E-state index contributed by atoms with van der Waals surface area (Å²) in [5.74, 6) is 0.651. The van der Waals surface area contributed by atoms with Crippen LogP contribution < -0.4 is 10.6 Å². The topological polar surface area (TPSA) is 86.7 Å². The number of aryl methyl sites for hydroxylation is 2. The van der Waals surface area contributed by atoms with Crippen molar-refractivity contribution in [1.82, 2.24) is 19.9 Å². The third kappa shape index (κ3) is 5.55. The fourth-order valence-corrected chi connectivity index (χ4v) is 4.59. The lowest BCUT2D eigenvalue weighted by Gasteiger charge is -2.31. The Kier molecular flexibility index (Phi) is 7.09. The van der Waals surface area contributed by atoms with E-state index in [9.17, 15) is 21.6 Å². The van der Waals surface area contributed by atoms with Gasteiger partial charge in [0.1, 0.15) is 5.01 Å². The van der Waals surface area contributed by atoms with Crippen LogP contribution in [0.2, 0.25) is 0 Å². The van der Waals surface area contributed by atoms with E-state index in [1.54, 1.807) is 18.4 Å². The van der Waals surface area contributed by atoms with Gasteiger partial charge in [0.15, 0.2) is 5.96 Å². The molecule has 1 aromatic heterocycles. The van der Waals surface area contributed by atoms with Gasteiger partial charge in [-0.15, -0.1) is 11.3 Å². The maximum atomic E-state index is 12.6. The number of nitrogens with one attached hydrogen (secondary N) is 2. The Morgan fingerprint density at radius 2 is 1.93 bits per heavy atom. The molecule has 0 saturated carbocycles. The average molecular weight is 428 g/mol. The number of hydrogen-bond donors (Lipinski definition) is 2. The van der Waals surface area contributed by atoms with Gasteiger partial charge in [0.2, 0.25) is 0 Å². The quantitative estimate of drug-likeness (QED) is 0.554. The molecule has 2 N–H and O–H groups in total. The van der Waals surface area contributed by atoms with Crippen LogP contribution in [-0.2, 0) is 16.6 Å². The van der Waals surface area contributed by atoms with Crippen molar-refractivity contribution >= 4 is 27.3 Å². The second-order valence-electron chi connectivity index (χ2n) is 6.35. The van der Waals surface area contributed by atoms with Crippen LogP contribution in [0.15, 0.2) is 4.99 Å². The van der Waals surface area contributed by atoms with Gasteiger partial charge in [-0.05, 0) is 32.6 Å². The van der Waals surface area contributed by atoms with Gasteiger partial charge in [-0.25, -0.2) is 13.4 Å². The molecule has 2 rings (SSSR count). The Hall–Kier alpha value is -1.40. The Bertz CT molecular complexity index is 749. The molecule has 1 aliphatic heterocycles. The van der Waals surface area contributed by atoms with Gasteiger partial charge in [-0.2, -0.15) is 17.5 Å². The first-order chi connectivity index (χ1) is 12.5. The van der Waals surface area contributed by atoms with Gasteiger partial charge in [-0.3, -0.25) is 4.99 Å². The van der Waals surface area contributed by atoms with E-state index in [0.29, 0.717) is 36.2 Å². The third-order valence-corrected chi connectivity index (χ3v) is 7.17. The van der Waals surface area contributed by atoms with Crippen LogP contribution in [0, 0.1) is 19.8 Å². The van der Waals surface area contributed by atoms with Crippen molar-refractivity contribution in [1.29, 1.82) is 0 Å². The van der Waals surface area contributed by atoms with Gasteiger partial charge in [0, 0.05) is 31.6 Å². The summed E-state index contributed by atoms with van der Waals surface area (Å²) in [4.78, 5) is 9.72. The molecule has 0 bridgehead atoms. The minimum absolute atomic E-state index is 0.0765. The molecule has 1 aliphatic rings. The van der Waals surface area contributed by atoms with Crippen molar-refractivity contribution < 1.29 is 21.6 Å². The molecule has 12 heteroatoms. The molecular weight excluding hydrogens is 403 g/mol. The Morgan fingerprint density at radius 1 is 1.30 bits per heavy atom. The molecule has 0 unspecified atom stereocenters. The van der Waals surface area contributed by atoms with Crippen LogP contribution in [0.4, 0.5) is 13.2 Å². The molecule has 1 fully saturated rings. The predicted octanol–water partition coefficient (Wildman–Crippen LogP) is 1.99. The molecule has 1 aromatic rings. The lowest BCUT2D eigenvalue weighted by molar-refractivity contribution is -0.0496. The molecular formula is C15H24F3N5O2S2. The number of alkyl halides is 3. The van der Waals surface area contributed by atoms with E-state index in [2.05, 4.69) is 20.6 Å². The number of rotatable bonds is 5. The molecule has 1 saturated heterocycles. The molecule has 154 valence electrons. The lowest BCUT2D eigenvalue weighted by atomic mass is 9.98.